The van der Waals surface area contributed by atoms with Crippen LogP contribution in [0.3, 0.4) is 0 Å². The quantitative estimate of drug-likeness (QED) is 0.716. The molecule has 4 rings (SSSR count). The number of hydrogen-bond donors (Lipinski definition) is 1. The summed E-state index contributed by atoms with van der Waals surface area (Å²) in [7, 11) is 1.63. The van der Waals surface area contributed by atoms with Crippen molar-refractivity contribution in [3.05, 3.63) is 65.4 Å². The minimum atomic E-state index is -0.490. The van der Waals surface area contributed by atoms with E-state index in [1.54, 1.807) is 7.11 Å². The Kier molecular flexibility index (Phi) is 5.38. The number of para-hydroxylation sites is 2. The minimum absolute atomic E-state index is 0.0125. The Balaban J connectivity index is 2.00. The summed E-state index contributed by atoms with van der Waals surface area (Å²) in [5.74, 6) is 0.601. The van der Waals surface area contributed by atoms with Crippen molar-refractivity contribution in [3.8, 4) is 5.75 Å². The number of nitrogens with one attached hydrogen (secondary N) is 1. The minimum Gasteiger partial charge on any atom is -0.497 e. The SMILES string of the molecule is COc1ccc([C@@H]2C3=C(CC(C)(C)CC3=O)Nc3ccccc3N2C(=O)C(C)C)cc1. The van der Waals surface area contributed by atoms with Gasteiger partial charge in [-0.3, -0.25) is 14.5 Å². The lowest BCUT2D eigenvalue weighted by Gasteiger charge is -2.37. The van der Waals surface area contributed by atoms with E-state index in [9.17, 15) is 9.59 Å². The van der Waals surface area contributed by atoms with Crippen LogP contribution in [-0.4, -0.2) is 18.8 Å². The summed E-state index contributed by atoms with van der Waals surface area (Å²) in [6, 6.07) is 15.0. The molecule has 0 radical (unpaired) electrons. The average Bonchev–Trinajstić information content (AvgIpc) is 2.86. The molecule has 0 unspecified atom stereocenters. The van der Waals surface area contributed by atoms with Crippen molar-refractivity contribution in [2.75, 3.05) is 17.3 Å². The molecule has 5 heteroatoms. The number of carbonyl (C=O) groups excluding carboxylic acids is 2. The van der Waals surface area contributed by atoms with Gasteiger partial charge in [-0.1, -0.05) is 52.0 Å². The van der Waals surface area contributed by atoms with Gasteiger partial charge >= 0.3 is 0 Å². The molecule has 2 aromatic carbocycles. The van der Waals surface area contributed by atoms with Crippen LogP contribution in [0.2, 0.25) is 0 Å². The molecular weight excluding hydrogens is 388 g/mol. The van der Waals surface area contributed by atoms with E-state index in [1.165, 1.54) is 0 Å². The Morgan fingerprint density at radius 1 is 1.10 bits per heavy atom. The van der Waals surface area contributed by atoms with Gasteiger partial charge in [0.05, 0.1) is 24.5 Å². The Morgan fingerprint density at radius 3 is 2.42 bits per heavy atom. The van der Waals surface area contributed by atoms with Gasteiger partial charge < -0.3 is 10.1 Å². The zero-order chi connectivity index (χ0) is 22.3. The molecule has 1 N–H and O–H groups in total. The lowest BCUT2D eigenvalue weighted by Crippen LogP contribution is -2.41. The number of hydrogen-bond acceptors (Lipinski definition) is 4. The molecule has 0 spiro atoms. The van der Waals surface area contributed by atoms with Crippen LogP contribution in [-0.2, 0) is 9.59 Å². The van der Waals surface area contributed by atoms with E-state index in [-0.39, 0.29) is 23.0 Å². The summed E-state index contributed by atoms with van der Waals surface area (Å²) in [5.41, 5.74) is 4.00. The van der Waals surface area contributed by atoms with E-state index < -0.39 is 6.04 Å². The molecular formula is C26H30N2O3. The fourth-order valence-corrected chi connectivity index (χ4v) is 4.61. The van der Waals surface area contributed by atoms with Crippen molar-refractivity contribution in [1.29, 1.82) is 0 Å². The predicted octanol–water partition coefficient (Wildman–Crippen LogP) is 5.49. The Bertz CT molecular complexity index is 1050. The number of rotatable bonds is 3. The molecule has 0 saturated carbocycles. The maximum atomic E-state index is 13.6. The highest BCUT2D eigenvalue weighted by Gasteiger charge is 2.43. The van der Waals surface area contributed by atoms with Crippen molar-refractivity contribution in [1.82, 2.24) is 0 Å². The van der Waals surface area contributed by atoms with Crippen LogP contribution < -0.4 is 15.0 Å². The predicted molar refractivity (Wildman–Crippen MR) is 123 cm³/mol. The normalized spacial score (nSPS) is 20.0. The zero-order valence-electron chi connectivity index (χ0n) is 18.9. The van der Waals surface area contributed by atoms with Crippen LogP contribution in [0.4, 0.5) is 11.4 Å². The number of carbonyl (C=O) groups is 2. The summed E-state index contributed by atoms with van der Waals surface area (Å²) in [6.07, 6.45) is 1.21. The molecule has 1 aliphatic heterocycles. The number of fused-ring (bicyclic) bond motifs is 1. The molecule has 5 nitrogen and oxygen atoms in total. The fourth-order valence-electron chi connectivity index (χ4n) is 4.61. The van der Waals surface area contributed by atoms with Crippen molar-refractivity contribution in [2.45, 2.75) is 46.6 Å². The number of ether oxygens (including phenoxy) is 1. The first-order chi connectivity index (χ1) is 14.7. The van der Waals surface area contributed by atoms with Crippen LogP contribution in [0.15, 0.2) is 59.8 Å². The third-order valence-corrected chi connectivity index (χ3v) is 6.06. The van der Waals surface area contributed by atoms with E-state index in [2.05, 4.69) is 19.2 Å². The molecule has 1 atom stereocenters. The summed E-state index contributed by atoms with van der Waals surface area (Å²) in [4.78, 5) is 28.9. The van der Waals surface area contributed by atoms with E-state index >= 15 is 0 Å². The smallest absolute Gasteiger partial charge is 0.230 e. The van der Waals surface area contributed by atoms with E-state index in [0.717, 1.165) is 34.8 Å². The van der Waals surface area contributed by atoms with Gasteiger partial charge in [0.1, 0.15) is 5.75 Å². The number of methoxy groups -OCH3 is 1. The largest absolute Gasteiger partial charge is 0.497 e. The molecule has 0 fully saturated rings. The first kappa shape index (κ1) is 21.2. The lowest BCUT2D eigenvalue weighted by atomic mass is 9.73. The van der Waals surface area contributed by atoms with Gasteiger partial charge in [0.25, 0.3) is 0 Å². The van der Waals surface area contributed by atoms with Crippen LogP contribution in [0.25, 0.3) is 0 Å². The van der Waals surface area contributed by atoms with Gasteiger partial charge in [-0.2, -0.15) is 0 Å². The van der Waals surface area contributed by atoms with Crippen LogP contribution in [0.1, 0.15) is 52.1 Å². The first-order valence-electron chi connectivity index (χ1n) is 10.8. The number of allylic oxidation sites excluding steroid dienone is 1. The number of anilines is 2. The second kappa shape index (κ2) is 7.88. The number of Topliss-reactive ketones (excluding diaryl/α,β-unsaturated/α-hetero) is 1. The van der Waals surface area contributed by atoms with Crippen molar-refractivity contribution < 1.29 is 14.3 Å². The highest BCUT2D eigenvalue weighted by atomic mass is 16.5. The third kappa shape index (κ3) is 3.85. The van der Waals surface area contributed by atoms with Gasteiger partial charge in [0.2, 0.25) is 5.91 Å². The Morgan fingerprint density at radius 2 is 1.77 bits per heavy atom. The van der Waals surface area contributed by atoms with Gasteiger partial charge in [0, 0.05) is 23.6 Å². The summed E-state index contributed by atoms with van der Waals surface area (Å²) in [6.45, 7) is 8.03. The summed E-state index contributed by atoms with van der Waals surface area (Å²) >= 11 is 0. The molecule has 31 heavy (non-hydrogen) atoms. The van der Waals surface area contributed by atoms with E-state index in [1.807, 2.05) is 67.3 Å². The highest BCUT2D eigenvalue weighted by molar-refractivity contribution is 6.06. The topological polar surface area (TPSA) is 58.6 Å². The maximum absolute atomic E-state index is 13.6. The summed E-state index contributed by atoms with van der Waals surface area (Å²) in [5, 5.41) is 3.53. The van der Waals surface area contributed by atoms with E-state index in [0.29, 0.717) is 12.0 Å². The standard InChI is InChI=1S/C26H30N2O3/c1-16(2)25(30)28-21-9-7-6-8-19(21)27-20-14-26(3,4)15-22(29)23(20)24(28)17-10-12-18(31-5)13-11-17/h6-13,16,24,27H,14-15H2,1-5H3/t24-/m1/s1. The monoisotopic (exact) mass is 418 g/mol. The molecule has 0 aromatic heterocycles. The van der Waals surface area contributed by atoms with Gasteiger partial charge in [-0.05, 0) is 41.7 Å². The number of benzene rings is 2. The first-order valence-corrected chi connectivity index (χ1v) is 10.8. The van der Waals surface area contributed by atoms with Crippen LogP contribution in [0, 0.1) is 11.3 Å². The molecule has 1 amide bonds. The zero-order valence-corrected chi connectivity index (χ0v) is 18.9. The highest BCUT2D eigenvalue weighted by Crippen LogP contribution is 2.48. The third-order valence-electron chi connectivity index (χ3n) is 6.06. The van der Waals surface area contributed by atoms with Gasteiger partial charge in [-0.25, -0.2) is 0 Å². The number of amides is 1. The second-order valence-electron chi connectivity index (χ2n) is 9.51. The van der Waals surface area contributed by atoms with Gasteiger partial charge in [0.15, 0.2) is 5.78 Å². The number of ketones is 1. The Hall–Kier alpha value is -3.08. The van der Waals surface area contributed by atoms with Crippen molar-refractivity contribution >= 4 is 23.1 Å². The van der Waals surface area contributed by atoms with E-state index in [4.69, 9.17) is 4.74 Å². The number of nitrogens with zero attached hydrogens (tertiary/aromatic N) is 1. The summed E-state index contributed by atoms with van der Waals surface area (Å²) < 4.78 is 5.33. The van der Waals surface area contributed by atoms with Crippen molar-refractivity contribution in [3.63, 3.8) is 0 Å². The maximum Gasteiger partial charge on any atom is 0.230 e. The van der Waals surface area contributed by atoms with Gasteiger partial charge in [-0.15, -0.1) is 0 Å². The molecule has 2 aliphatic rings. The molecule has 0 saturated heterocycles. The molecule has 1 heterocycles. The average molecular weight is 419 g/mol. The van der Waals surface area contributed by atoms with Crippen LogP contribution in [0.5, 0.6) is 5.75 Å². The van der Waals surface area contributed by atoms with Crippen molar-refractivity contribution in [2.24, 2.45) is 11.3 Å². The Labute approximate surface area is 184 Å². The second-order valence-corrected chi connectivity index (χ2v) is 9.51. The fraction of sp³-hybridized carbons (Fsp3) is 0.385. The lowest BCUT2D eigenvalue weighted by molar-refractivity contribution is -0.122. The molecule has 1 aliphatic carbocycles. The molecule has 2 aromatic rings. The van der Waals surface area contributed by atoms with Crippen LogP contribution >= 0.6 is 0 Å². The molecule has 162 valence electrons. The molecule has 0 bridgehead atoms.